The minimum Gasteiger partial charge on any atom is -0.278 e. The maximum absolute atomic E-state index is 13.1. The zero-order valence-electron chi connectivity index (χ0n) is 8.97. The summed E-state index contributed by atoms with van der Waals surface area (Å²) in [5.41, 5.74) is 0. The highest BCUT2D eigenvalue weighted by atomic mass is 19.4. The molecule has 122 valence electrons. The van der Waals surface area contributed by atoms with Crippen LogP contribution < -0.4 is 0 Å². The largest absolute Gasteiger partial charge is 0.458 e. The summed E-state index contributed by atoms with van der Waals surface area (Å²) in [5, 5.41) is 0. The average Bonchev–Trinajstić information content (AvgIpc) is 2.26. The number of hydrogen-bond donors (Lipinski definition) is 0. The molecule has 13 heteroatoms. The number of ether oxygens (including phenoxy) is 2. The molecule has 0 bridgehead atoms. The average molecular weight is 330 g/mol. The molecule has 0 fully saturated rings. The number of rotatable bonds is 7. The molecule has 0 aliphatic heterocycles. The highest BCUT2D eigenvalue weighted by molar-refractivity contribution is 4.88. The van der Waals surface area contributed by atoms with Crippen LogP contribution in [0.2, 0.25) is 0 Å². The lowest BCUT2D eigenvalue weighted by atomic mass is 10.2. The Labute approximate surface area is 103 Å². The molecular formula is C7H5F11O2. The standard InChI is InChI=1S/C7H5F11O2/c8-1-3(10)19-7(17,18)5(13,6(14,15)16)20-4(11,12)2-9/h3H,1-2H2. The van der Waals surface area contributed by atoms with Gasteiger partial charge in [-0.05, 0) is 0 Å². The zero-order chi connectivity index (χ0) is 16.4. The summed E-state index contributed by atoms with van der Waals surface area (Å²) in [5.74, 6) is -6.60. The van der Waals surface area contributed by atoms with Crippen LogP contribution in [0.25, 0.3) is 0 Å². The van der Waals surface area contributed by atoms with E-state index in [0.717, 1.165) is 0 Å². The van der Waals surface area contributed by atoms with Crippen molar-refractivity contribution < 1.29 is 57.8 Å². The third-order valence-corrected chi connectivity index (χ3v) is 1.58. The fraction of sp³-hybridized carbons (Fsp3) is 1.00. The van der Waals surface area contributed by atoms with Crippen molar-refractivity contribution in [1.82, 2.24) is 0 Å². The second kappa shape index (κ2) is 5.87. The summed E-state index contributed by atoms with van der Waals surface area (Å²) in [6.07, 6.45) is -22.6. The van der Waals surface area contributed by atoms with Gasteiger partial charge in [0, 0.05) is 0 Å². The van der Waals surface area contributed by atoms with Gasteiger partial charge in [-0.3, -0.25) is 9.47 Å². The van der Waals surface area contributed by atoms with Crippen molar-refractivity contribution in [3.8, 4) is 0 Å². The molecule has 2 atom stereocenters. The lowest BCUT2D eigenvalue weighted by Crippen LogP contribution is -2.61. The van der Waals surface area contributed by atoms with E-state index < -0.39 is 44.0 Å². The minimum atomic E-state index is -6.87. The van der Waals surface area contributed by atoms with Crippen LogP contribution in [0.1, 0.15) is 0 Å². The van der Waals surface area contributed by atoms with Crippen LogP contribution >= 0.6 is 0 Å². The Morgan fingerprint density at radius 2 is 1.30 bits per heavy atom. The van der Waals surface area contributed by atoms with Crippen LogP contribution in [0, 0.1) is 0 Å². The van der Waals surface area contributed by atoms with Crippen LogP contribution in [-0.4, -0.2) is 44.0 Å². The van der Waals surface area contributed by atoms with E-state index in [9.17, 15) is 48.3 Å². The molecule has 0 spiro atoms. The van der Waals surface area contributed by atoms with Crippen LogP contribution in [0.3, 0.4) is 0 Å². The maximum Gasteiger partial charge on any atom is 0.458 e. The van der Waals surface area contributed by atoms with Crippen molar-refractivity contribution in [2.75, 3.05) is 13.3 Å². The Balaban J connectivity index is 5.55. The Kier molecular flexibility index (Phi) is 5.62. The van der Waals surface area contributed by atoms with Gasteiger partial charge in [0.2, 0.25) is 6.36 Å². The predicted octanol–water partition coefficient (Wildman–Crippen LogP) is 3.67. The van der Waals surface area contributed by atoms with Crippen LogP contribution in [0.15, 0.2) is 0 Å². The van der Waals surface area contributed by atoms with Gasteiger partial charge in [0.15, 0.2) is 6.67 Å². The zero-order valence-corrected chi connectivity index (χ0v) is 8.97. The number of halogens is 11. The first kappa shape index (κ1) is 19.1. The third kappa shape index (κ3) is 4.07. The van der Waals surface area contributed by atoms with E-state index in [2.05, 4.69) is 9.47 Å². The van der Waals surface area contributed by atoms with E-state index in [-0.39, 0.29) is 0 Å². The molecule has 2 nitrogen and oxygen atoms in total. The smallest absolute Gasteiger partial charge is 0.278 e. The molecule has 0 aromatic heterocycles. The molecule has 0 aliphatic carbocycles. The quantitative estimate of drug-likeness (QED) is 0.663. The van der Waals surface area contributed by atoms with Gasteiger partial charge in [0.25, 0.3) is 0 Å². The summed E-state index contributed by atoms with van der Waals surface area (Å²) < 4.78 is 139. The van der Waals surface area contributed by atoms with Crippen molar-refractivity contribution in [2.45, 2.75) is 30.6 Å². The molecule has 0 heterocycles. The summed E-state index contributed by atoms with van der Waals surface area (Å²) in [6, 6.07) is 0. The first-order valence-electron chi connectivity index (χ1n) is 4.37. The normalized spacial score (nSPS) is 18.8. The van der Waals surface area contributed by atoms with Gasteiger partial charge in [-0.1, -0.05) is 0 Å². The Hall–Kier alpha value is -0.850. The van der Waals surface area contributed by atoms with E-state index in [0.29, 0.717) is 0 Å². The van der Waals surface area contributed by atoms with Gasteiger partial charge in [-0.15, -0.1) is 0 Å². The van der Waals surface area contributed by atoms with E-state index in [4.69, 9.17) is 0 Å². The van der Waals surface area contributed by atoms with E-state index in [1.54, 1.807) is 0 Å². The van der Waals surface area contributed by atoms with E-state index >= 15 is 0 Å². The Morgan fingerprint density at radius 1 is 0.850 bits per heavy atom. The minimum absolute atomic E-state index is 2.09. The van der Waals surface area contributed by atoms with E-state index in [1.165, 1.54) is 0 Å². The lowest BCUT2D eigenvalue weighted by Gasteiger charge is -2.35. The first-order chi connectivity index (χ1) is 8.72. The van der Waals surface area contributed by atoms with E-state index in [1.807, 2.05) is 0 Å². The number of hydrogen-bond acceptors (Lipinski definition) is 2. The van der Waals surface area contributed by atoms with Crippen molar-refractivity contribution in [1.29, 1.82) is 0 Å². The van der Waals surface area contributed by atoms with Crippen molar-refractivity contribution in [3.05, 3.63) is 0 Å². The highest BCUT2D eigenvalue weighted by Crippen LogP contribution is 2.49. The first-order valence-corrected chi connectivity index (χ1v) is 4.37. The molecule has 0 radical (unpaired) electrons. The van der Waals surface area contributed by atoms with Crippen molar-refractivity contribution >= 4 is 0 Å². The third-order valence-electron chi connectivity index (χ3n) is 1.58. The van der Waals surface area contributed by atoms with Gasteiger partial charge in [0.1, 0.15) is 6.67 Å². The summed E-state index contributed by atoms with van der Waals surface area (Å²) >= 11 is 0. The van der Waals surface area contributed by atoms with Crippen LogP contribution in [0.4, 0.5) is 48.3 Å². The predicted molar refractivity (Wildman–Crippen MR) is 38.8 cm³/mol. The number of alkyl halides is 11. The fourth-order valence-electron chi connectivity index (χ4n) is 0.783. The Morgan fingerprint density at radius 3 is 1.60 bits per heavy atom. The molecule has 0 amide bonds. The molecular weight excluding hydrogens is 325 g/mol. The molecule has 0 saturated carbocycles. The summed E-state index contributed by atoms with van der Waals surface area (Å²) in [7, 11) is 0. The molecule has 0 rings (SSSR count). The van der Waals surface area contributed by atoms with Crippen LogP contribution in [-0.2, 0) is 9.47 Å². The van der Waals surface area contributed by atoms with Gasteiger partial charge < -0.3 is 0 Å². The van der Waals surface area contributed by atoms with Crippen LogP contribution in [0.5, 0.6) is 0 Å². The molecule has 0 aliphatic rings. The van der Waals surface area contributed by atoms with Gasteiger partial charge >= 0.3 is 24.2 Å². The summed E-state index contributed by atoms with van der Waals surface area (Å²) in [4.78, 5) is 0. The highest BCUT2D eigenvalue weighted by Gasteiger charge is 2.77. The lowest BCUT2D eigenvalue weighted by molar-refractivity contribution is -0.508. The topological polar surface area (TPSA) is 18.5 Å². The van der Waals surface area contributed by atoms with Gasteiger partial charge in [0.05, 0.1) is 0 Å². The second-order valence-electron chi connectivity index (χ2n) is 3.17. The second-order valence-corrected chi connectivity index (χ2v) is 3.17. The van der Waals surface area contributed by atoms with Crippen molar-refractivity contribution in [2.24, 2.45) is 0 Å². The SMILES string of the molecule is FCC(F)OC(F)(F)C(F)(OC(F)(F)CF)C(F)(F)F. The van der Waals surface area contributed by atoms with Gasteiger partial charge in [-0.2, -0.15) is 35.1 Å². The van der Waals surface area contributed by atoms with Gasteiger partial charge in [-0.25, -0.2) is 13.2 Å². The van der Waals surface area contributed by atoms with Crippen molar-refractivity contribution in [3.63, 3.8) is 0 Å². The molecule has 20 heavy (non-hydrogen) atoms. The summed E-state index contributed by atoms with van der Waals surface area (Å²) in [6.45, 7) is -5.52. The monoisotopic (exact) mass is 330 g/mol. The molecule has 0 N–H and O–H groups in total. The fourth-order valence-corrected chi connectivity index (χ4v) is 0.783. The molecule has 0 saturated heterocycles. The molecule has 2 unspecified atom stereocenters. The molecule has 0 aromatic rings. The molecule has 0 aromatic carbocycles. The maximum atomic E-state index is 13.1. The Bertz CT molecular complexity index is 316.